The molecule has 8 heteroatoms. The van der Waals surface area contributed by atoms with Crippen molar-refractivity contribution in [1.29, 1.82) is 0 Å². The van der Waals surface area contributed by atoms with E-state index in [1.165, 1.54) is 19.3 Å². The number of imide groups is 1. The highest BCUT2D eigenvalue weighted by Gasteiger charge is 2.37. The SMILES string of the molecule is CCN1C(=O)CC(C)(C)c2cc(C)c(-c3cc(C=C4SC(=O)NC4=O)cc(F)c3OC)cc21. The lowest BCUT2D eigenvalue weighted by Crippen LogP contribution is -2.41. The molecule has 0 unspecified atom stereocenters. The maximum Gasteiger partial charge on any atom is 0.290 e. The lowest BCUT2D eigenvalue weighted by molar-refractivity contribution is -0.120. The number of carbonyl (C=O) groups excluding carboxylic acids is 3. The highest BCUT2D eigenvalue weighted by molar-refractivity contribution is 8.18. The van der Waals surface area contributed by atoms with Crippen molar-refractivity contribution >= 4 is 40.6 Å². The number of benzene rings is 2. The van der Waals surface area contributed by atoms with E-state index in [4.69, 9.17) is 4.74 Å². The Morgan fingerprint density at radius 1 is 1.18 bits per heavy atom. The van der Waals surface area contributed by atoms with Crippen LogP contribution in [0.3, 0.4) is 0 Å². The molecule has 0 aliphatic carbocycles. The van der Waals surface area contributed by atoms with E-state index in [1.54, 1.807) is 11.0 Å². The van der Waals surface area contributed by atoms with Gasteiger partial charge in [0.05, 0.1) is 12.0 Å². The van der Waals surface area contributed by atoms with Crippen molar-refractivity contribution in [3.05, 3.63) is 51.7 Å². The number of hydrogen-bond acceptors (Lipinski definition) is 5. The van der Waals surface area contributed by atoms with Crippen molar-refractivity contribution in [2.45, 2.75) is 39.5 Å². The molecule has 2 aromatic rings. The molecule has 2 heterocycles. The molecule has 6 nitrogen and oxygen atoms in total. The Morgan fingerprint density at radius 3 is 2.52 bits per heavy atom. The molecule has 0 atom stereocenters. The number of thioether (sulfide) groups is 1. The summed E-state index contributed by atoms with van der Waals surface area (Å²) in [5, 5.41) is 1.74. The molecule has 1 N–H and O–H groups in total. The highest BCUT2D eigenvalue weighted by atomic mass is 32.2. The number of aryl methyl sites for hydroxylation is 1. The third-order valence-electron chi connectivity index (χ3n) is 6.07. The maximum absolute atomic E-state index is 15.1. The number of methoxy groups -OCH3 is 1. The molecule has 0 spiro atoms. The molecule has 2 aliphatic heterocycles. The second-order valence-electron chi connectivity index (χ2n) is 8.82. The fourth-order valence-electron chi connectivity index (χ4n) is 4.48. The second kappa shape index (κ2) is 8.33. The summed E-state index contributed by atoms with van der Waals surface area (Å²) in [6.07, 6.45) is 1.90. The second-order valence-corrected chi connectivity index (χ2v) is 9.83. The Bertz CT molecular complexity index is 1240. The van der Waals surface area contributed by atoms with Crippen LogP contribution in [0.25, 0.3) is 17.2 Å². The fourth-order valence-corrected chi connectivity index (χ4v) is 5.16. The third kappa shape index (κ3) is 4.04. The number of hydrogen-bond donors (Lipinski definition) is 1. The van der Waals surface area contributed by atoms with Gasteiger partial charge in [0.2, 0.25) is 5.91 Å². The first kappa shape index (κ1) is 23.0. The van der Waals surface area contributed by atoms with E-state index in [0.717, 1.165) is 34.1 Å². The van der Waals surface area contributed by atoms with Gasteiger partial charge in [-0.05, 0) is 72.1 Å². The summed E-state index contributed by atoms with van der Waals surface area (Å²) in [5.41, 5.74) is 4.14. The summed E-state index contributed by atoms with van der Waals surface area (Å²) in [6, 6.07) is 6.97. The third-order valence-corrected chi connectivity index (χ3v) is 6.88. The average molecular weight is 469 g/mol. The molecule has 4 rings (SSSR count). The van der Waals surface area contributed by atoms with Gasteiger partial charge < -0.3 is 9.64 Å². The molecule has 0 radical (unpaired) electrons. The monoisotopic (exact) mass is 468 g/mol. The Morgan fingerprint density at radius 2 is 1.91 bits per heavy atom. The lowest BCUT2D eigenvalue weighted by Gasteiger charge is -2.39. The molecule has 0 aromatic heterocycles. The molecule has 33 heavy (non-hydrogen) atoms. The number of nitrogens with zero attached hydrogens (tertiary/aromatic N) is 1. The summed E-state index contributed by atoms with van der Waals surface area (Å²) in [6.45, 7) is 8.50. The van der Waals surface area contributed by atoms with Gasteiger partial charge >= 0.3 is 0 Å². The van der Waals surface area contributed by atoms with E-state index in [9.17, 15) is 14.4 Å². The zero-order valence-corrected chi connectivity index (χ0v) is 20.0. The van der Waals surface area contributed by atoms with Crippen LogP contribution in [0, 0.1) is 12.7 Å². The molecule has 172 valence electrons. The van der Waals surface area contributed by atoms with Crippen molar-refractivity contribution in [3.63, 3.8) is 0 Å². The summed E-state index contributed by atoms with van der Waals surface area (Å²) < 4.78 is 20.4. The van der Waals surface area contributed by atoms with E-state index in [1.807, 2.05) is 19.9 Å². The number of carbonyl (C=O) groups is 3. The Labute approximate surface area is 196 Å². The topological polar surface area (TPSA) is 75.7 Å². The van der Waals surface area contributed by atoms with Crippen molar-refractivity contribution in [1.82, 2.24) is 5.32 Å². The molecular formula is C25H25FN2O4S. The largest absolute Gasteiger partial charge is 0.493 e. The van der Waals surface area contributed by atoms with Crippen LogP contribution in [0.1, 0.15) is 43.9 Å². The molecule has 2 aromatic carbocycles. The van der Waals surface area contributed by atoms with Crippen molar-refractivity contribution in [2.24, 2.45) is 0 Å². The summed E-state index contributed by atoms with van der Waals surface area (Å²) in [5.74, 6) is -0.968. The first-order valence-corrected chi connectivity index (χ1v) is 11.5. The van der Waals surface area contributed by atoms with Gasteiger partial charge in [0, 0.05) is 29.6 Å². The Hall–Kier alpha value is -3.13. The number of rotatable bonds is 4. The van der Waals surface area contributed by atoms with Crippen LogP contribution >= 0.6 is 11.8 Å². The smallest absolute Gasteiger partial charge is 0.290 e. The molecule has 1 fully saturated rings. The number of anilines is 1. The van der Waals surface area contributed by atoms with Crippen LogP contribution in [0.4, 0.5) is 14.9 Å². The van der Waals surface area contributed by atoms with Crippen molar-refractivity contribution in [3.8, 4) is 16.9 Å². The zero-order chi connectivity index (χ0) is 24.1. The zero-order valence-electron chi connectivity index (χ0n) is 19.2. The Balaban J connectivity index is 1.92. The lowest BCUT2D eigenvalue weighted by atomic mass is 9.75. The number of halogens is 1. The van der Waals surface area contributed by atoms with Gasteiger partial charge in [-0.15, -0.1) is 0 Å². The predicted octanol–water partition coefficient (Wildman–Crippen LogP) is 5.17. The predicted molar refractivity (Wildman–Crippen MR) is 128 cm³/mol. The van der Waals surface area contributed by atoms with Gasteiger partial charge in [0.1, 0.15) is 0 Å². The first-order valence-electron chi connectivity index (χ1n) is 10.6. The van der Waals surface area contributed by atoms with Crippen LogP contribution in [0.5, 0.6) is 5.75 Å². The normalized spacial score (nSPS) is 18.5. The van der Waals surface area contributed by atoms with Gasteiger partial charge in [0.15, 0.2) is 11.6 Å². The molecule has 3 amide bonds. The van der Waals surface area contributed by atoms with Gasteiger partial charge in [-0.3, -0.25) is 19.7 Å². The minimum Gasteiger partial charge on any atom is -0.493 e. The average Bonchev–Trinajstić information content (AvgIpc) is 3.04. The highest BCUT2D eigenvalue weighted by Crippen LogP contribution is 2.45. The molecular weight excluding hydrogens is 443 g/mol. The van der Waals surface area contributed by atoms with Crippen LogP contribution in [0.2, 0.25) is 0 Å². The minimum atomic E-state index is -0.586. The van der Waals surface area contributed by atoms with Gasteiger partial charge in [-0.25, -0.2) is 4.39 Å². The molecule has 0 bridgehead atoms. The van der Waals surface area contributed by atoms with E-state index in [-0.39, 0.29) is 22.0 Å². The number of nitrogens with one attached hydrogen (secondary N) is 1. The molecule has 2 aliphatic rings. The van der Waals surface area contributed by atoms with E-state index in [0.29, 0.717) is 24.1 Å². The van der Waals surface area contributed by atoms with Crippen LogP contribution in [-0.2, 0) is 15.0 Å². The summed E-state index contributed by atoms with van der Waals surface area (Å²) in [7, 11) is 1.40. The number of ether oxygens (including phenoxy) is 1. The van der Waals surface area contributed by atoms with Gasteiger partial charge in [-0.2, -0.15) is 0 Å². The fraction of sp³-hybridized carbons (Fsp3) is 0.320. The quantitative estimate of drug-likeness (QED) is 0.627. The van der Waals surface area contributed by atoms with Crippen molar-refractivity contribution in [2.75, 3.05) is 18.6 Å². The maximum atomic E-state index is 15.1. The minimum absolute atomic E-state index is 0.0513. The van der Waals surface area contributed by atoms with Crippen LogP contribution in [0.15, 0.2) is 29.2 Å². The van der Waals surface area contributed by atoms with E-state index < -0.39 is 17.0 Å². The Kier molecular flexibility index (Phi) is 5.82. The molecule has 1 saturated heterocycles. The number of amides is 3. The number of fused-ring (bicyclic) bond motifs is 1. The van der Waals surface area contributed by atoms with Crippen molar-refractivity contribution < 1.29 is 23.5 Å². The van der Waals surface area contributed by atoms with E-state index in [2.05, 4.69) is 25.2 Å². The standard InChI is InChI=1S/C25H25FN2O4S/c1-6-28-19-11-15(13(2)7-17(19)25(3,4)12-21(28)29)16-8-14(9-18(26)22(16)32-5)10-20-23(30)27-24(31)33-20/h7-11H,6,12H2,1-5H3,(H,27,30,31). The van der Waals surface area contributed by atoms with Gasteiger partial charge in [-0.1, -0.05) is 19.9 Å². The van der Waals surface area contributed by atoms with Gasteiger partial charge in [0.25, 0.3) is 11.1 Å². The first-order chi connectivity index (χ1) is 15.6. The van der Waals surface area contributed by atoms with Crippen LogP contribution < -0.4 is 15.0 Å². The summed E-state index contributed by atoms with van der Waals surface area (Å²) >= 11 is 0.775. The summed E-state index contributed by atoms with van der Waals surface area (Å²) in [4.78, 5) is 38.2. The van der Waals surface area contributed by atoms with E-state index >= 15 is 4.39 Å². The molecule has 0 saturated carbocycles. The van der Waals surface area contributed by atoms with Crippen LogP contribution in [-0.4, -0.2) is 30.7 Å².